The van der Waals surface area contributed by atoms with Crippen molar-refractivity contribution in [1.82, 2.24) is 19.7 Å². The maximum Gasteiger partial charge on any atom is 0.253 e. The van der Waals surface area contributed by atoms with Gasteiger partial charge in [-0.05, 0) is 37.5 Å². The smallest absolute Gasteiger partial charge is 0.253 e. The predicted octanol–water partition coefficient (Wildman–Crippen LogP) is 3.30. The lowest BCUT2D eigenvalue weighted by Gasteiger charge is -2.15. The standard InChI is InChI=1S/C18H22N4OS/c1-3-10-22-14(2)19-20-18(22)24-13-15-6-8-16(9-7-15)17(23)21-11-4-5-12-21/h3,6-9H,1,4-5,10-13H2,2H3. The van der Waals surface area contributed by atoms with Gasteiger partial charge in [-0.25, -0.2) is 0 Å². The van der Waals surface area contributed by atoms with Crippen molar-refractivity contribution in [3.05, 3.63) is 53.9 Å². The number of hydrogen-bond acceptors (Lipinski definition) is 4. The first-order valence-electron chi connectivity index (χ1n) is 8.21. The molecule has 0 bridgehead atoms. The summed E-state index contributed by atoms with van der Waals surface area (Å²) in [4.78, 5) is 14.3. The molecule has 1 aromatic carbocycles. The fraction of sp³-hybridized carbons (Fsp3) is 0.389. The number of allylic oxidation sites excluding steroid dienone is 1. The zero-order chi connectivity index (χ0) is 16.9. The van der Waals surface area contributed by atoms with Crippen molar-refractivity contribution in [1.29, 1.82) is 0 Å². The molecule has 2 heterocycles. The Hall–Kier alpha value is -2.08. The summed E-state index contributed by atoms with van der Waals surface area (Å²) in [5, 5.41) is 9.23. The summed E-state index contributed by atoms with van der Waals surface area (Å²) < 4.78 is 2.04. The summed E-state index contributed by atoms with van der Waals surface area (Å²) in [5.74, 6) is 1.84. The molecular formula is C18H22N4OS. The van der Waals surface area contributed by atoms with Crippen molar-refractivity contribution in [2.45, 2.75) is 37.2 Å². The largest absolute Gasteiger partial charge is 0.339 e. The van der Waals surface area contributed by atoms with Crippen LogP contribution in [0.25, 0.3) is 0 Å². The number of nitrogens with zero attached hydrogens (tertiary/aromatic N) is 4. The van der Waals surface area contributed by atoms with Gasteiger partial charge in [0, 0.05) is 31.0 Å². The molecule has 126 valence electrons. The highest BCUT2D eigenvalue weighted by atomic mass is 32.2. The number of likely N-dealkylation sites (tertiary alicyclic amines) is 1. The van der Waals surface area contributed by atoms with Crippen LogP contribution in [0.2, 0.25) is 0 Å². The SMILES string of the molecule is C=CCn1c(C)nnc1SCc1ccc(C(=O)N2CCCC2)cc1. The molecule has 0 atom stereocenters. The molecule has 1 aromatic heterocycles. The lowest BCUT2D eigenvalue weighted by molar-refractivity contribution is 0.0793. The lowest BCUT2D eigenvalue weighted by Crippen LogP contribution is -2.27. The Morgan fingerprint density at radius 2 is 1.96 bits per heavy atom. The van der Waals surface area contributed by atoms with Crippen molar-refractivity contribution >= 4 is 17.7 Å². The van der Waals surface area contributed by atoms with Gasteiger partial charge in [-0.15, -0.1) is 16.8 Å². The van der Waals surface area contributed by atoms with E-state index in [2.05, 4.69) is 16.8 Å². The molecule has 5 nitrogen and oxygen atoms in total. The highest BCUT2D eigenvalue weighted by Gasteiger charge is 2.19. The van der Waals surface area contributed by atoms with E-state index < -0.39 is 0 Å². The van der Waals surface area contributed by atoms with Crippen LogP contribution in [-0.4, -0.2) is 38.7 Å². The molecule has 0 spiro atoms. The van der Waals surface area contributed by atoms with Gasteiger partial charge in [0.15, 0.2) is 5.16 Å². The zero-order valence-corrected chi connectivity index (χ0v) is 14.8. The van der Waals surface area contributed by atoms with Gasteiger partial charge in [0.05, 0.1) is 0 Å². The third-order valence-electron chi connectivity index (χ3n) is 4.18. The number of benzene rings is 1. The Morgan fingerprint density at radius 1 is 1.25 bits per heavy atom. The molecule has 6 heteroatoms. The van der Waals surface area contributed by atoms with Gasteiger partial charge in [0.2, 0.25) is 0 Å². The van der Waals surface area contributed by atoms with Gasteiger partial charge in [-0.3, -0.25) is 4.79 Å². The third kappa shape index (κ3) is 3.70. The molecule has 0 aliphatic carbocycles. The average Bonchev–Trinajstić information content (AvgIpc) is 3.25. The van der Waals surface area contributed by atoms with Gasteiger partial charge in [-0.1, -0.05) is 30.0 Å². The second-order valence-electron chi connectivity index (χ2n) is 5.91. The normalized spacial score (nSPS) is 14.1. The summed E-state index contributed by atoms with van der Waals surface area (Å²) >= 11 is 1.65. The molecule has 1 fully saturated rings. The Kier molecular flexibility index (Phi) is 5.35. The van der Waals surface area contributed by atoms with Crippen molar-refractivity contribution < 1.29 is 4.79 Å². The topological polar surface area (TPSA) is 51.0 Å². The Bertz CT molecular complexity index is 717. The van der Waals surface area contributed by atoms with E-state index in [1.54, 1.807) is 11.8 Å². The van der Waals surface area contributed by atoms with Gasteiger partial charge >= 0.3 is 0 Å². The molecule has 1 saturated heterocycles. The first kappa shape index (κ1) is 16.8. The quantitative estimate of drug-likeness (QED) is 0.597. The molecule has 0 radical (unpaired) electrons. The summed E-state index contributed by atoms with van der Waals surface area (Å²) in [6.45, 7) is 8.20. The van der Waals surface area contributed by atoms with Crippen molar-refractivity contribution in [2.24, 2.45) is 0 Å². The van der Waals surface area contributed by atoms with Crippen LogP contribution < -0.4 is 0 Å². The Morgan fingerprint density at radius 3 is 2.62 bits per heavy atom. The van der Waals surface area contributed by atoms with E-state index in [0.29, 0.717) is 6.54 Å². The third-order valence-corrected chi connectivity index (χ3v) is 5.21. The van der Waals surface area contributed by atoms with E-state index in [1.165, 1.54) is 5.56 Å². The number of amides is 1. The molecule has 2 aromatic rings. The van der Waals surface area contributed by atoms with E-state index in [4.69, 9.17) is 0 Å². The minimum atomic E-state index is 0.146. The van der Waals surface area contributed by atoms with Gasteiger partial charge in [-0.2, -0.15) is 0 Å². The second kappa shape index (κ2) is 7.66. The van der Waals surface area contributed by atoms with Gasteiger partial charge in [0.25, 0.3) is 5.91 Å². The van der Waals surface area contributed by atoms with Gasteiger partial charge in [0.1, 0.15) is 5.82 Å². The molecule has 3 rings (SSSR count). The number of aryl methyl sites for hydroxylation is 1. The van der Waals surface area contributed by atoms with Crippen molar-refractivity contribution in [3.8, 4) is 0 Å². The van der Waals surface area contributed by atoms with Crippen LogP contribution in [0, 0.1) is 6.92 Å². The second-order valence-corrected chi connectivity index (χ2v) is 6.86. The zero-order valence-electron chi connectivity index (χ0n) is 13.9. The van der Waals surface area contributed by atoms with E-state index >= 15 is 0 Å². The molecule has 1 aliphatic rings. The number of carbonyl (C=O) groups is 1. The maximum atomic E-state index is 12.3. The predicted molar refractivity (Wildman–Crippen MR) is 96.1 cm³/mol. The first-order valence-corrected chi connectivity index (χ1v) is 9.19. The van der Waals surface area contributed by atoms with E-state index in [0.717, 1.165) is 48.2 Å². The fourth-order valence-corrected chi connectivity index (χ4v) is 3.75. The number of aromatic nitrogens is 3. The first-order chi connectivity index (χ1) is 11.7. The van der Waals surface area contributed by atoms with Crippen LogP contribution in [0.5, 0.6) is 0 Å². The van der Waals surface area contributed by atoms with Crippen LogP contribution >= 0.6 is 11.8 Å². The van der Waals surface area contributed by atoms with Crippen LogP contribution in [0.15, 0.2) is 42.1 Å². The molecule has 0 saturated carbocycles. The number of rotatable bonds is 6. The molecular weight excluding hydrogens is 320 g/mol. The number of thioether (sulfide) groups is 1. The minimum absolute atomic E-state index is 0.146. The van der Waals surface area contributed by atoms with Crippen molar-refractivity contribution in [2.75, 3.05) is 13.1 Å². The molecule has 1 aliphatic heterocycles. The summed E-state index contributed by atoms with van der Waals surface area (Å²) in [6.07, 6.45) is 4.08. The minimum Gasteiger partial charge on any atom is -0.339 e. The summed E-state index contributed by atoms with van der Waals surface area (Å²) in [6, 6.07) is 7.90. The highest BCUT2D eigenvalue weighted by molar-refractivity contribution is 7.98. The number of hydrogen-bond donors (Lipinski definition) is 0. The molecule has 0 N–H and O–H groups in total. The molecule has 24 heavy (non-hydrogen) atoms. The van der Waals surface area contributed by atoms with E-state index in [-0.39, 0.29) is 5.91 Å². The van der Waals surface area contributed by atoms with E-state index in [1.807, 2.05) is 46.7 Å². The monoisotopic (exact) mass is 342 g/mol. The van der Waals surface area contributed by atoms with Crippen LogP contribution in [0.3, 0.4) is 0 Å². The van der Waals surface area contributed by atoms with Crippen LogP contribution in [0.4, 0.5) is 0 Å². The fourth-order valence-electron chi connectivity index (χ4n) is 2.80. The lowest BCUT2D eigenvalue weighted by atomic mass is 10.1. The van der Waals surface area contributed by atoms with E-state index in [9.17, 15) is 4.79 Å². The van der Waals surface area contributed by atoms with Crippen LogP contribution in [-0.2, 0) is 12.3 Å². The Balaban J connectivity index is 1.62. The maximum absolute atomic E-state index is 12.3. The Labute approximate surface area is 146 Å². The van der Waals surface area contributed by atoms with Crippen LogP contribution in [0.1, 0.15) is 34.6 Å². The highest BCUT2D eigenvalue weighted by Crippen LogP contribution is 2.22. The van der Waals surface area contributed by atoms with Crippen molar-refractivity contribution in [3.63, 3.8) is 0 Å². The molecule has 0 unspecified atom stereocenters. The number of carbonyl (C=O) groups excluding carboxylic acids is 1. The average molecular weight is 342 g/mol. The summed E-state index contributed by atoms with van der Waals surface area (Å²) in [5.41, 5.74) is 1.94. The summed E-state index contributed by atoms with van der Waals surface area (Å²) in [7, 11) is 0. The molecule has 1 amide bonds. The van der Waals surface area contributed by atoms with Gasteiger partial charge < -0.3 is 9.47 Å².